The van der Waals surface area contributed by atoms with Gasteiger partial charge in [0.1, 0.15) is 0 Å². The van der Waals surface area contributed by atoms with Crippen molar-refractivity contribution in [3.05, 3.63) is 26.7 Å². The number of nitrogens with one attached hydrogen (secondary N) is 1. The summed E-state index contributed by atoms with van der Waals surface area (Å²) in [6.07, 6.45) is 3.72. The van der Waals surface area contributed by atoms with Gasteiger partial charge in [-0.25, -0.2) is 0 Å². The van der Waals surface area contributed by atoms with Crippen molar-refractivity contribution in [3.8, 4) is 0 Å². The Hall–Kier alpha value is 0.0800. The fourth-order valence-electron chi connectivity index (χ4n) is 2.42. The van der Waals surface area contributed by atoms with Crippen LogP contribution in [-0.4, -0.2) is 6.04 Å². The van der Waals surface area contributed by atoms with Crippen molar-refractivity contribution in [1.82, 2.24) is 0 Å². The van der Waals surface area contributed by atoms with Crippen LogP contribution in [0.1, 0.15) is 33.1 Å². The molecule has 0 saturated heterocycles. The van der Waals surface area contributed by atoms with E-state index in [-0.39, 0.29) is 0 Å². The van der Waals surface area contributed by atoms with Crippen molar-refractivity contribution in [3.63, 3.8) is 0 Å². The lowest BCUT2D eigenvalue weighted by Crippen LogP contribution is -2.30. The van der Waals surface area contributed by atoms with Gasteiger partial charge in [-0.2, -0.15) is 0 Å². The lowest BCUT2D eigenvalue weighted by atomic mass is 9.87. The summed E-state index contributed by atoms with van der Waals surface area (Å²) in [4.78, 5) is 0. The van der Waals surface area contributed by atoms with E-state index in [0.717, 1.165) is 10.2 Å². The molecule has 0 aromatic heterocycles. The van der Waals surface area contributed by atoms with Crippen LogP contribution in [0, 0.1) is 5.41 Å². The molecule has 0 spiro atoms. The molecule has 1 unspecified atom stereocenters. The fourth-order valence-corrected chi connectivity index (χ4v) is 3.25. The van der Waals surface area contributed by atoms with Crippen LogP contribution in [0.3, 0.4) is 0 Å². The Labute approximate surface area is 121 Å². The van der Waals surface area contributed by atoms with E-state index in [0.29, 0.717) is 21.5 Å². The molecule has 1 nitrogen and oxygen atoms in total. The number of hydrogen-bond donors (Lipinski definition) is 1. The minimum Gasteiger partial charge on any atom is -0.381 e. The predicted octanol–water partition coefficient (Wildman–Crippen LogP) is 5.75. The molecule has 1 aliphatic carbocycles. The van der Waals surface area contributed by atoms with Crippen molar-refractivity contribution in [2.24, 2.45) is 5.41 Å². The Morgan fingerprint density at radius 2 is 2.00 bits per heavy atom. The van der Waals surface area contributed by atoms with Crippen LogP contribution in [0.5, 0.6) is 0 Å². The largest absolute Gasteiger partial charge is 0.381 e. The zero-order valence-corrected chi connectivity index (χ0v) is 13.1. The zero-order valence-electron chi connectivity index (χ0n) is 9.99. The Morgan fingerprint density at radius 3 is 2.59 bits per heavy atom. The first-order valence-corrected chi connectivity index (χ1v) is 7.37. The van der Waals surface area contributed by atoms with Gasteiger partial charge in [-0.1, -0.05) is 43.5 Å². The third-order valence-corrected chi connectivity index (χ3v) is 5.39. The first-order chi connectivity index (χ1) is 7.92. The van der Waals surface area contributed by atoms with Crippen LogP contribution < -0.4 is 5.32 Å². The summed E-state index contributed by atoms with van der Waals surface area (Å²) < 4.78 is 0.834. The highest BCUT2D eigenvalue weighted by atomic mass is 79.9. The fraction of sp³-hybridized carbons (Fsp3) is 0.538. The molecule has 1 aromatic rings. The van der Waals surface area contributed by atoms with Gasteiger partial charge < -0.3 is 5.32 Å². The lowest BCUT2D eigenvalue weighted by molar-refractivity contribution is 0.350. The normalized spacial score (nSPS) is 22.8. The van der Waals surface area contributed by atoms with Crippen LogP contribution in [0.2, 0.25) is 10.0 Å². The molecule has 0 amide bonds. The van der Waals surface area contributed by atoms with E-state index in [1.807, 2.05) is 12.1 Å². The van der Waals surface area contributed by atoms with Crippen molar-refractivity contribution >= 4 is 44.8 Å². The standard InChI is InChI=1S/C13H16BrCl2N/c1-13(2)7-3-4-10(13)17-9-6-5-8(14)11(15)12(9)16/h5-6,10,17H,3-4,7H2,1-2H3. The van der Waals surface area contributed by atoms with Gasteiger partial charge in [0.15, 0.2) is 0 Å². The molecular weight excluding hydrogens is 321 g/mol. The van der Waals surface area contributed by atoms with Gasteiger partial charge >= 0.3 is 0 Å². The van der Waals surface area contributed by atoms with E-state index in [2.05, 4.69) is 35.1 Å². The van der Waals surface area contributed by atoms with Gasteiger partial charge in [-0.3, -0.25) is 0 Å². The molecule has 1 aromatic carbocycles. The quantitative estimate of drug-likeness (QED) is 0.678. The molecule has 4 heteroatoms. The van der Waals surface area contributed by atoms with Gasteiger partial charge in [0.25, 0.3) is 0 Å². The van der Waals surface area contributed by atoms with Gasteiger partial charge in [0, 0.05) is 10.5 Å². The minimum absolute atomic E-state index is 0.322. The number of anilines is 1. The van der Waals surface area contributed by atoms with Crippen LogP contribution in [0.15, 0.2) is 16.6 Å². The maximum Gasteiger partial charge on any atom is 0.0835 e. The Morgan fingerprint density at radius 1 is 1.29 bits per heavy atom. The molecule has 1 atom stereocenters. The van der Waals surface area contributed by atoms with Crippen LogP contribution >= 0.6 is 39.1 Å². The smallest absolute Gasteiger partial charge is 0.0835 e. The summed E-state index contributed by atoms with van der Waals surface area (Å²) >= 11 is 15.7. The minimum atomic E-state index is 0.322. The number of benzene rings is 1. The summed E-state index contributed by atoms with van der Waals surface area (Å²) in [5, 5.41) is 4.71. The number of halogens is 3. The van der Waals surface area contributed by atoms with Gasteiger partial charge in [-0.15, -0.1) is 0 Å². The molecule has 94 valence electrons. The molecule has 2 rings (SSSR count). The average Bonchev–Trinajstić information content (AvgIpc) is 2.59. The second-order valence-electron chi connectivity index (χ2n) is 5.30. The number of rotatable bonds is 2. The molecule has 1 fully saturated rings. The molecule has 1 N–H and O–H groups in total. The van der Waals surface area contributed by atoms with E-state index in [1.165, 1.54) is 19.3 Å². The van der Waals surface area contributed by atoms with E-state index >= 15 is 0 Å². The zero-order chi connectivity index (χ0) is 12.6. The van der Waals surface area contributed by atoms with Gasteiger partial charge in [0.05, 0.1) is 15.7 Å². The summed E-state index contributed by atoms with van der Waals surface area (Å²) in [5.41, 5.74) is 1.25. The Kier molecular flexibility index (Phi) is 3.96. The van der Waals surface area contributed by atoms with Crippen molar-refractivity contribution < 1.29 is 0 Å². The summed E-state index contributed by atoms with van der Waals surface area (Å²) in [6.45, 7) is 4.60. The molecule has 0 aliphatic heterocycles. The Bertz CT molecular complexity index is 432. The number of hydrogen-bond acceptors (Lipinski definition) is 1. The topological polar surface area (TPSA) is 12.0 Å². The SMILES string of the molecule is CC1(C)CCCC1Nc1ccc(Br)c(Cl)c1Cl. The molecule has 0 radical (unpaired) electrons. The first kappa shape index (κ1) is 13.5. The summed E-state index contributed by atoms with van der Waals surface area (Å²) in [7, 11) is 0. The van der Waals surface area contributed by atoms with Crippen molar-refractivity contribution in [1.29, 1.82) is 0 Å². The first-order valence-electron chi connectivity index (χ1n) is 5.82. The Balaban J connectivity index is 2.22. The molecule has 17 heavy (non-hydrogen) atoms. The second-order valence-corrected chi connectivity index (χ2v) is 6.91. The summed E-state index contributed by atoms with van der Waals surface area (Å²) in [5.74, 6) is 0. The van der Waals surface area contributed by atoms with Crippen LogP contribution in [0.4, 0.5) is 5.69 Å². The highest BCUT2D eigenvalue weighted by Gasteiger charge is 2.34. The lowest BCUT2D eigenvalue weighted by Gasteiger charge is -2.29. The second kappa shape index (κ2) is 4.99. The molecule has 1 saturated carbocycles. The highest BCUT2D eigenvalue weighted by molar-refractivity contribution is 9.10. The van der Waals surface area contributed by atoms with Crippen LogP contribution in [0.25, 0.3) is 0 Å². The van der Waals surface area contributed by atoms with Crippen molar-refractivity contribution in [2.45, 2.75) is 39.2 Å². The van der Waals surface area contributed by atoms with E-state index in [4.69, 9.17) is 23.2 Å². The highest BCUT2D eigenvalue weighted by Crippen LogP contribution is 2.42. The van der Waals surface area contributed by atoms with Gasteiger partial charge in [-0.05, 0) is 46.3 Å². The molecule has 0 heterocycles. The predicted molar refractivity (Wildman–Crippen MR) is 79.2 cm³/mol. The maximum absolute atomic E-state index is 6.25. The third-order valence-electron chi connectivity index (χ3n) is 3.62. The molecular formula is C13H16BrCl2N. The average molecular weight is 337 g/mol. The molecule has 1 aliphatic rings. The third kappa shape index (κ3) is 2.74. The maximum atomic E-state index is 6.25. The monoisotopic (exact) mass is 335 g/mol. The van der Waals surface area contributed by atoms with Gasteiger partial charge in [0.2, 0.25) is 0 Å². The summed E-state index contributed by atoms with van der Waals surface area (Å²) in [6, 6.07) is 4.38. The van der Waals surface area contributed by atoms with Crippen LogP contribution in [-0.2, 0) is 0 Å². The van der Waals surface area contributed by atoms with E-state index < -0.39 is 0 Å². The van der Waals surface area contributed by atoms with E-state index in [1.54, 1.807) is 0 Å². The van der Waals surface area contributed by atoms with Crippen molar-refractivity contribution in [2.75, 3.05) is 5.32 Å². The van der Waals surface area contributed by atoms with E-state index in [9.17, 15) is 0 Å². The molecule has 0 bridgehead atoms.